The molecule has 1 saturated heterocycles. The molecule has 2 aliphatic heterocycles. The molecule has 3 atom stereocenters. The Kier molecular flexibility index (Phi) is 8.68. The van der Waals surface area contributed by atoms with Gasteiger partial charge in [-0.3, -0.25) is 14.5 Å². The van der Waals surface area contributed by atoms with Gasteiger partial charge in [0.05, 0.1) is 11.7 Å². The van der Waals surface area contributed by atoms with E-state index in [2.05, 4.69) is 24.1 Å². The third kappa shape index (κ3) is 6.74. The Labute approximate surface area is 209 Å². The van der Waals surface area contributed by atoms with E-state index >= 15 is 0 Å². The van der Waals surface area contributed by atoms with Crippen LogP contribution in [0.2, 0.25) is 0 Å². The molecule has 0 bridgehead atoms. The minimum Gasteiger partial charge on any atom is -0.491 e. The van der Waals surface area contributed by atoms with Crippen molar-refractivity contribution in [1.29, 1.82) is 0 Å². The molecule has 0 spiro atoms. The van der Waals surface area contributed by atoms with E-state index in [1.54, 1.807) is 30.2 Å². The van der Waals surface area contributed by atoms with Crippen molar-refractivity contribution in [3.63, 3.8) is 0 Å². The minimum atomic E-state index is -0.110. The number of methoxy groups -OCH3 is 1. The van der Waals surface area contributed by atoms with Crippen LogP contribution in [0, 0.1) is 17.8 Å². The summed E-state index contributed by atoms with van der Waals surface area (Å²) in [6.07, 6.45) is 3.97. The predicted octanol–water partition coefficient (Wildman–Crippen LogP) is 3.27. The molecule has 1 aliphatic carbocycles. The van der Waals surface area contributed by atoms with Gasteiger partial charge >= 0.3 is 0 Å². The van der Waals surface area contributed by atoms with Gasteiger partial charge in [-0.15, -0.1) is 0 Å². The van der Waals surface area contributed by atoms with Gasteiger partial charge in [-0.1, -0.05) is 6.92 Å². The third-order valence-electron chi connectivity index (χ3n) is 7.63. The monoisotopic (exact) mass is 487 g/mol. The highest BCUT2D eigenvalue weighted by atomic mass is 16.5. The second kappa shape index (κ2) is 11.7. The smallest absolute Gasteiger partial charge is 0.257 e. The molecule has 8 heteroatoms. The van der Waals surface area contributed by atoms with Crippen molar-refractivity contribution in [1.82, 2.24) is 9.80 Å². The second-order valence-corrected chi connectivity index (χ2v) is 10.6. The molecule has 1 N–H and O–H groups in total. The maximum atomic E-state index is 13.4. The zero-order valence-corrected chi connectivity index (χ0v) is 21.6. The number of nitrogens with one attached hydrogen (secondary N) is 1. The van der Waals surface area contributed by atoms with Crippen LogP contribution in [-0.4, -0.2) is 87.4 Å². The summed E-state index contributed by atoms with van der Waals surface area (Å²) in [6, 6.07) is 5.50. The van der Waals surface area contributed by atoms with Gasteiger partial charge in [-0.2, -0.15) is 0 Å². The highest BCUT2D eigenvalue weighted by molar-refractivity contribution is 5.99. The average Bonchev–Trinajstić information content (AvgIpc) is 3.71. The summed E-state index contributed by atoms with van der Waals surface area (Å²) >= 11 is 0. The third-order valence-corrected chi connectivity index (χ3v) is 7.63. The van der Waals surface area contributed by atoms with Crippen LogP contribution < -0.4 is 10.1 Å². The summed E-state index contributed by atoms with van der Waals surface area (Å²) in [5.41, 5.74) is 1.17. The first-order valence-electron chi connectivity index (χ1n) is 13.0. The van der Waals surface area contributed by atoms with Crippen LogP contribution in [0.5, 0.6) is 5.75 Å². The largest absolute Gasteiger partial charge is 0.491 e. The number of fused-ring (bicyclic) bond motifs is 1. The molecule has 194 valence electrons. The molecule has 1 aromatic rings. The predicted molar refractivity (Wildman–Crippen MR) is 135 cm³/mol. The Hall–Kier alpha value is -2.16. The normalized spacial score (nSPS) is 27.4. The zero-order valence-electron chi connectivity index (χ0n) is 21.6. The number of nitrogens with zero attached hydrogens (tertiary/aromatic N) is 2. The molecular weight excluding hydrogens is 446 g/mol. The van der Waals surface area contributed by atoms with Crippen molar-refractivity contribution in [3.8, 4) is 5.75 Å². The molecule has 2 heterocycles. The Bertz CT molecular complexity index is 884. The first-order valence-corrected chi connectivity index (χ1v) is 13.0. The van der Waals surface area contributed by atoms with E-state index in [1.165, 1.54) is 0 Å². The van der Waals surface area contributed by atoms with Gasteiger partial charge in [0.15, 0.2) is 0 Å². The summed E-state index contributed by atoms with van der Waals surface area (Å²) in [4.78, 5) is 29.9. The molecule has 2 fully saturated rings. The minimum absolute atomic E-state index is 0.0366. The van der Waals surface area contributed by atoms with Crippen molar-refractivity contribution in [2.75, 3.05) is 58.9 Å². The molecule has 8 nitrogen and oxygen atoms in total. The lowest BCUT2D eigenvalue weighted by Gasteiger charge is -2.38. The first kappa shape index (κ1) is 25.9. The summed E-state index contributed by atoms with van der Waals surface area (Å²) in [5, 5.41) is 2.98. The summed E-state index contributed by atoms with van der Waals surface area (Å²) in [6.45, 7) is 8.86. The van der Waals surface area contributed by atoms with Gasteiger partial charge in [-0.25, -0.2) is 0 Å². The van der Waals surface area contributed by atoms with Gasteiger partial charge in [-0.05, 0) is 56.6 Å². The fourth-order valence-electron chi connectivity index (χ4n) is 5.03. The Morgan fingerprint density at radius 3 is 2.57 bits per heavy atom. The number of likely N-dealkylation sites (N-methyl/N-ethyl adjacent to an activating group) is 1. The number of rotatable bonds is 5. The lowest BCUT2D eigenvalue weighted by Crippen LogP contribution is -2.48. The van der Waals surface area contributed by atoms with Gasteiger partial charge in [0.2, 0.25) is 5.91 Å². The molecule has 1 aromatic carbocycles. The average molecular weight is 488 g/mol. The number of benzene rings is 1. The highest BCUT2D eigenvalue weighted by Crippen LogP contribution is 2.32. The van der Waals surface area contributed by atoms with Crippen molar-refractivity contribution < 1.29 is 23.8 Å². The van der Waals surface area contributed by atoms with Crippen molar-refractivity contribution in [3.05, 3.63) is 23.8 Å². The Morgan fingerprint density at radius 2 is 1.89 bits per heavy atom. The topological polar surface area (TPSA) is 80.3 Å². The van der Waals surface area contributed by atoms with E-state index in [0.29, 0.717) is 36.1 Å². The number of amides is 2. The molecule has 35 heavy (non-hydrogen) atoms. The maximum absolute atomic E-state index is 13.4. The fraction of sp³-hybridized carbons (Fsp3) is 0.704. The molecular formula is C27H41N3O5. The molecule has 1 saturated carbocycles. The molecule has 0 aromatic heterocycles. The molecule has 0 radical (unpaired) electrons. The molecule has 3 aliphatic rings. The fourth-order valence-corrected chi connectivity index (χ4v) is 5.03. The van der Waals surface area contributed by atoms with E-state index in [-0.39, 0.29) is 35.8 Å². The number of hydrogen-bond acceptors (Lipinski definition) is 6. The van der Waals surface area contributed by atoms with Gasteiger partial charge < -0.3 is 24.4 Å². The standard InChI is InChI=1S/C27H41N3O5/c1-18-14-30(15-20-9-11-34-12-10-20)19(2)17-35-24-13-22(28-26(31)21-5-6-21)7-8-23(24)27(32)29(3)16-25(18)33-4/h7-8,13,18-21,25H,5-6,9-12,14-17H2,1-4H3,(H,28,31)/t18-,19-,25+/m0/s1. The zero-order chi connectivity index (χ0) is 24.9. The van der Waals surface area contributed by atoms with Crippen LogP contribution in [0.4, 0.5) is 5.69 Å². The highest BCUT2D eigenvalue weighted by Gasteiger charge is 2.31. The lowest BCUT2D eigenvalue weighted by atomic mass is 9.96. The van der Waals surface area contributed by atoms with Crippen LogP contribution >= 0.6 is 0 Å². The summed E-state index contributed by atoms with van der Waals surface area (Å²) < 4.78 is 17.7. The SMILES string of the molecule is CO[C@@H]1CN(C)C(=O)c2ccc(NC(=O)C3CC3)cc2OC[C@H](C)N(CC2CCOCC2)C[C@@H]1C. The number of ether oxygens (including phenoxy) is 3. The van der Waals surface area contributed by atoms with E-state index in [9.17, 15) is 9.59 Å². The van der Waals surface area contributed by atoms with Crippen LogP contribution in [0.15, 0.2) is 18.2 Å². The van der Waals surface area contributed by atoms with Crippen LogP contribution in [0.1, 0.15) is 49.9 Å². The lowest BCUT2D eigenvalue weighted by molar-refractivity contribution is -0.117. The van der Waals surface area contributed by atoms with Crippen molar-refractivity contribution in [2.24, 2.45) is 17.8 Å². The van der Waals surface area contributed by atoms with E-state index in [0.717, 1.165) is 52.0 Å². The number of carbonyl (C=O) groups excluding carboxylic acids is 2. The second-order valence-electron chi connectivity index (χ2n) is 10.6. The van der Waals surface area contributed by atoms with E-state index in [1.807, 2.05) is 7.05 Å². The molecule has 4 rings (SSSR count). The number of anilines is 1. The molecule has 0 unspecified atom stereocenters. The molecule has 2 amide bonds. The van der Waals surface area contributed by atoms with Crippen molar-refractivity contribution in [2.45, 2.75) is 51.7 Å². The van der Waals surface area contributed by atoms with Crippen molar-refractivity contribution >= 4 is 17.5 Å². The Morgan fingerprint density at radius 1 is 1.14 bits per heavy atom. The summed E-state index contributed by atoms with van der Waals surface area (Å²) in [7, 11) is 3.53. The quantitative estimate of drug-likeness (QED) is 0.687. The number of hydrogen-bond donors (Lipinski definition) is 1. The van der Waals surface area contributed by atoms with Gasteiger partial charge in [0.25, 0.3) is 5.91 Å². The summed E-state index contributed by atoms with van der Waals surface area (Å²) in [5.74, 6) is 1.40. The van der Waals surface area contributed by atoms with Gasteiger partial charge in [0.1, 0.15) is 12.4 Å². The van der Waals surface area contributed by atoms with Crippen LogP contribution in [0.25, 0.3) is 0 Å². The Balaban J connectivity index is 1.58. The van der Waals surface area contributed by atoms with E-state index < -0.39 is 0 Å². The van der Waals surface area contributed by atoms with Crippen LogP contribution in [-0.2, 0) is 14.3 Å². The maximum Gasteiger partial charge on any atom is 0.257 e. The first-order chi connectivity index (χ1) is 16.9. The van der Waals surface area contributed by atoms with E-state index in [4.69, 9.17) is 14.2 Å². The van der Waals surface area contributed by atoms with Crippen LogP contribution in [0.3, 0.4) is 0 Å². The van der Waals surface area contributed by atoms with Gasteiger partial charge in [0, 0.05) is 70.7 Å². The number of carbonyl (C=O) groups is 2.